The van der Waals surface area contributed by atoms with Crippen LogP contribution in [0.15, 0.2) is 36.5 Å². The zero-order chi connectivity index (χ0) is 31.2. The molecule has 0 atom stereocenters. The molecule has 42 heavy (non-hydrogen) atoms. The van der Waals surface area contributed by atoms with Gasteiger partial charge in [-0.3, -0.25) is 14.4 Å². The smallest absolute Gasteiger partial charge is 0.300 e. The Balaban J connectivity index is 2.02. The summed E-state index contributed by atoms with van der Waals surface area (Å²) in [5.41, 5.74) is -0.806. The zero-order valence-corrected chi connectivity index (χ0v) is 25.8. The highest BCUT2D eigenvalue weighted by Gasteiger charge is 2.26. The lowest BCUT2D eigenvalue weighted by atomic mass is 9.99. The number of halogens is 5. The summed E-state index contributed by atoms with van der Waals surface area (Å²) >= 11 is 1.87. The van der Waals surface area contributed by atoms with Gasteiger partial charge in [-0.05, 0) is 84.8 Å². The van der Waals surface area contributed by atoms with E-state index in [1.54, 1.807) is 20.8 Å². The lowest BCUT2D eigenvalue weighted by Gasteiger charge is -2.21. The van der Waals surface area contributed by atoms with Crippen molar-refractivity contribution >= 4 is 55.9 Å². The van der Waals surface area contributed by atoms with E-state index in [1.165, 1.54) is 19.2 Å². The summed E-state index contributed by atoms with van der Waals surface area (Å²) in [7, 11) is -2.87. The van der Waals surface area contributed by atoms with Crippen molar-refractivity contribution in [3.05, 3.63) is 80.1 Å². The second-order valence-corrected chi connectivity index (χ2v) is 12.5. The van der Waals surface area contributed by atoms with Gasteiger partial charge in [0.15, 0.2) is 23.3 Å². The van der Waals surface area contributed by atoms with E-state index in [4.69, 9.17) is 9.57 Å². The number of hydroxylamine groups is 1. The first-order valence-corrected chi connectivity index (χ1v) is 14.8. The third-order valence-corrected chi connectivity index (χ3v) is 7.06. The Morgan fingerprint density at radius 2 is 1.74 bits per heavy atom. The van der Waals surface area contributed by atoms with Crippen molar-refractivity contribution in [1.29, 1.82) is 0 Å². The van der Waals surface area contributed by atoms with Gasteiger partial charge >= 0.3 is 0 Å². The monoisotopic (exact) mass is 725 g/mol. The van der Waals surface area contributed by atoms with E-state index < -0.39 is 74.0 Å². The number of amides is 1. The third-order valence-electron chi connectivity index (χ3n) is 5.35. The molecule has 2 aromatic carbocycles. The molecule has 0 radical (unpaired) electrons. The molecule has 1 amide bonds. The number of benzene rings is 2. The first kappa shape index (κ1) is 33.4. The standard InChI is InChI=1S/C26H28F4IN5O5S/c1-26(2,3)41-35-25(37)17-12-15(20(28)22(30)23(17)34-19-6-5-16(31)13-18(19)27)11-14-7-8-32-24(21(14)29)36-42(38,39)33-9-10-40-4/h5-8,12-13,33-34H,9-11H2,1-4H3,(H,32,36)(H,35,37). The van der Waals surface area contributed by atoms with Gasteiger partial charge in [-0.1, -0.05) is 0 Å². The SMILES string of the molecule is COCCNS(=O)(=O)Nc1nccc(Cc2cc(C(=O)NOC(C)(C)C)c(Nc3ccc(I)cc3F)c(F)c2F)c1F. The van der Waals surface area contributed by atoms with Crippen molar-refractivity contribution < 1.29 is 40.3 Å². The summed E-state index contributed by atoms with van der Waals surface area (Å²) in [6.07, 6.45) is 0.460. The molecule has 0 unspecified atom stereocenters. The number of hydrogen-bond donors (Lipinski definition) is 4. The van der Waals surface area contributed by atoms with E-state index in [-0.39, 0.29) is 24.4 Å². The van der Waals surface area contributed by atoms with Crippen LogP contribution < -0.4 is 20.2 Å². The lowest BCUT2D eigenvalue weighted by Crippen LogP contribution is -2.34. The van der Waals surface area contributed by atoms with Gasteiger partial charge in [-0.2, -0.15) is 13.1 Å². The van der Waals surface area contributed by atoms with Crippen molar-refractivity contribution in [3.63, 3.8) is 0 Å². The van der Waals surface area contributed by atoms with Gasteiger partial charge in [-0.15, -0.1) is 0 Å². The topological polar surface area (TPSA) is 131 Å². The number of nitrogens with one attached hydrogen (secondary N) is 4. The molecule has 10 nitrogen and oxygen atoms in total. The second-order valence-electron chi connectivity index (χ2n) is 9.78. The highest BCUT2D eigenvalue weighted by Crippen LogP contribution is 2.32. The van der Waals surface area contributed by atoms with Crippen LogP contribution in [-0.2, 0) is 26.2 Å². The van der Waals surface area contributed by atoms with Crippen LogP contribution in [0.5, 0.6) is 0 Å². The van der Waals surface area contributed by atoms with Gasteiger partial charge in [0.05, 0.1) is 29.1 Å². The maximum atomic E-state index is 15.5. The fourth-order valence-electron chi connectivity index (χ4n) is 3.43. The van der Waals surface area contributed by atoms with E-state index in [1.807, 2.05) is 27.3 Å². The molecule has 16 heteroatoms. The molecule has 3 aromatic rings. The number of anilines is 3. The summed E-state index contributed by atoms with van der Waals surface area (Å²) in [5, 5.41) is 2.43. The number of pyridine rings is 1. The maximum absolute atomic E-state index is 15.5. The molecule has 228 valence electrons. The molecule has 0 aliphatic rings. The maximum Gasteiger partial charge on any atom is 0.300 e. The number of methoxy groups -OCH3 is 1. The van der Waals surface area contributed by atoms with E-state index in [9.17, 15) is 17.6 Å². The van der Waals surface area contributed by atoms with Crippen molar-refractivity contribution in [2.24, 2.45) is 0 Å². The molecular weight excluding hydrogens is 697 g/mol. The fourth-order valence-corrected chi connectivity index (χ4v) is 4.70. The van der Waals surface area contributed by atoms with Gasteiger partial charge < -0.3 is 10.1 Å². The largest absolute Gasteiger partial charge is 0.383 e. The van der Waals surface area contributed by atoms with Crippen LogP contribution in [0.1, 0.15) is 42.3 Å². The van der Waals surface area contributed by atoms with Crippen LogP contribution in [0.25, 0.3) is 0 Å². The molecule has 4 N–H and O–H groups in total. The van der Waals surface area contributed by atoms with Crippen LogP contribution in [0, 0.1) is 26.8 Å². The Labute approximate surface area is 253 Å². The molecule has 0 aliphatic carbocycles. The molecule has 0 fully saturated rings. The number of carbonyl (C=O) groups is 1. The molecule has 0 aliphatic heterocycles. The van der Waals surface area contributed by atoms with Gasteiger partial charge in [0.2, 0.25) is 0 Å². The van der Waals surface area contributed by atoms with Gasteiger partial charge in [0, 0.05) is 29.8 Å². The molecule has 0 saturated carbocycles. The second kappa shape index (κ2) is 13.9. The summed E-state index contributed by atoms with van der Waals surface area (Å²) < 4.78 is 94.4. The van der Waals surface area contributed by atoms with Crippen LogP contribution in [0.2, 0.25) is 0 Å². The molecule has 1 heterocycles. The fraction of sp³-hybridized carbons (Fsp3) is 0.308. The predicted molar refractivity (Wildman–Crippen MR) is 156 cm³/mol. The van der Waals surface area contributed by atoms with E-state index in [0.29, 0.717) is 3.57 Å². The molecule has 0 bridgehead atoms. The quantitative estimate of drug-likeness (QED) is 0.0903. The van der Waals surface area contributed by atoms with E-state index in [0.717, 1.165) is 24.4 Å². The Kier molecular flexibility index (Phi) is 11.1. The number of rotatable bonds is 12. The predicted octanol–water partition coefficient (Wildman–Crippen LogP) is 4.93. The third kappa shape index (κ3) is 8.97. The van der Waals surface area contributed by atoms with Crippen molar-refractivity contribution in [3.8, 4) is 0 Å². The van der Waals surface area contributed by atoms with Crippen molar-refractivity contribution in [1.82, 2.24) is 15.2 Å². The number of ether oxygens (including phenoxy) is 1. The van der Waals surface area contributed by atoms with E-state index >= 15 is 13.2 Å². The summed E-state index contributed by atoms with van der Waals surface area (Å²) in [5.74, 6) is -6.61. The minimum absolute atomic E-state index is 0.0550. The molecule has 1 aromatic heterocycles. The Bertz CT molecular complexity index is 1570. The Morgan fingerprint density at radius 3 is 2.38 bits per heavy atom. The van der Waals surface area contributed by atoms with Crippen molar-refractivity contribution in [2.45, 2.75) is 32.8 Å². The highest BCUT2D eigenvalue weighted by molar-refractivity contribution is 14.1. The molecule has 3 rings (SSSR count). The number of carbonyl (C=O) groups excluding carboxylic acids is 1. The van der Waals surface area contributed by atoms with Gasteiger partial charge in [0.25, 0.3) is 16.1 Å². The van der Waals surface area contributed by atoms with Crippen molar-refractivity contribution in [2.75, 3.05) is 30.3 Å². The summed E-state index contributed by atoms with van der Waals surface area (Å²) in [6.45, 7) is 4.85. The van der Waals surface area contributed by atoms with Crippen LogP contribution in [0.4, 0.5) is 34.8 Å². The first-order valence-electron chi connectivity index (χ1n) is 12.2. The first-order chi connectivity index (χ1) is 19.6. The number of nitrogens with zero attached hydrogens (tertiary/aromatic N) is 1. The highest BCUT2D eigenvalue weighted by atomic mass is 127. The van der Waals surface area contributed by atoms with Crippen LogP contribution in [-0.4, -0.2) is 45.2 Å². The normalized spacial score (nSPS) is 11.8. The average Bonchev–Trinajstić information content (AvgIpc) is 2.90. The summed E-state index contributed by atoms with van der Waals surface area (Å²) in [4.78, 5) is 22.0. The average molecular weight is 726 g/mol. The molecular formula is C26H28F4IN5O5S. The number of hydrogen-bond acceptors (Lipinski definition) is 7. The van der Waals surface area contributed by atoms with E-state index in [2.05, 4.69) is 20.5 Å². The van der Waals surface area contributed by atoms with Crippen LogP contribution >= 0.6 is 22.6 Å². The molecule has 0 spiro atoms. The minimum Gasteiger partial charge on any atom is -0.383 e. The minimum atomic E-state index is -4.23. The lowest BCUT2D eigenvalue weighted by molar-refractivity contribution is -0.0589. The Hall–Kier alpha value is -3.06. The molecule has 0 saturated heterocycles. The van der Waals surface area contributed by atoms with Gasteiger partial charge in [0.1, 0.15) is 5.82 Å². The van der Waals surface area contributed by atoms with Crippen LogP contribution in [0.3, 0.4) is 0 Å². The summed E-state index contributed by atoms with van der Waals surface area (Å²) in [6, 6.07) is 6.05. The number of aromatic nitrogens is 1. The zero-order valence-electron chi connectivity index (χ0n) is 22.9. The Morgan fingerprint density at radius 1 is 1.02 bits per heavy atom. The van der Waals surface area contributed by atoms with Gasteiger partial charge in [-0.25, -0.2) is 28.0 Å².